The second-order valence-corrected chi connectivity index (χ2v) is 5.14. The summed E-state index contributed by atoms with van der Waals surface area (Å²) in [5, 5.41) is 4.67. The van der Waals surface area contributed by atoms with Gasteiger partial charge in [-0.2, -0.15) is 5.10 Å². The summed E-state index contributed by atoms with van der Waals surface area (Å²) >= 11 is 0. The Morgan fingerprint density at radius 1 is 1.37 bits per heavy atom. The molecule has 1 heterocycles. The lowest BCUT2D eigenvalue weighted by molar-refractivity contribution is 0.406. The first-order valence-corrected chi connectivity index (χ1v) is 6.69. The van der Waals surface area contributed by atoms with Gasteiger partial charge in [0.1, 0.15) is 5.75 Å². The molecule has 0 spiro atoms. The Labute approximate surface area is 113 Å². The van der Waals surface area contributed by atoms with Crippen molar-refractivity contribution in [1.29, 1.82) is 0 Å². The topological polar surface area (TPSA) is 53.1 Å². The van der Waals surface area contributed by atoms with Crippen molar-refractivity contribution in [3.8, 4) is 11.4 Å². The molecule has 100 valence electrons. The van der Waals surface area contributed by atoms with E-state index in [0.717, 1.165) is 17.0 Å². The Hall–Kier alpha value is -1.81. The van der Waals surface area contributed by atoms with Gasteiger partial charge in [0, 0.05) is 23.7 Å². The zero-order chi connectivity index (χ0) is 13.4. The summed E-state index contributed by atoms with van der Waals surface area (Å²) < 4.78 is 7.33. The van der Waals surface area contributed by atoms with Crippen LogP contribution in [0.4, 0.5) is 0 Å². The van der Waals surface area contributed by atoms with E-state index < -0.39 is 0 Å². The smallest absolute Gasteiger partial charge is 0.125 e. The maximum absolute atomic E-state index is 6.09. The van der Waals surface area contributed by atoms with Crippen molar-refractivity contribution in [3.05, 3.63) is 41.7 Å². The first-order chi connectivity index (χ1) is 9.20. The summed E-state index contributed by atoms with van der Waals surface area (Å²) in [5.41, 5.74) is 9.26. The van der Waals surface area contributed by atoms with Gasteiger partial charge in [-0.15, -0.1) is 0 Å². The van der Waals surface area contributed by atoms with E-state index in [4.69, 9.17) is 10.5 Å². The van der Waals surface area contributed by atoms with E-state index in [-0.39, 0.29) is 6.04 Å². The minimum atomic E-state index is -0.0975. The zero-order valence-electron chi connectivity index (χ0n) is 11.3. The molecule has 2 aromatic rings. The largest absolute Gasteiger partial charge is 0.496 e. The Morgan fingerprint density at radius 3 is 2.79 bits per heavy atom. The van der Waals surface area contributed by atoms with Crippen molar-refractivity contribution in [2.75, 3.05) is 7.11 Å². The fourth-order valence-electron chi connectivity index (χ4n) is 2.44. The molecule has 0 amide bonds. The van der Waals surface area contributed by atoms with E-state index in [1.807, 2.05) is 36.0 Å². The third kappa shape index (κ3) is 2.24. The van der Waals surface area contributed by atoms with Crippen LogP contribution >= 0.6 is 0 Å². The Balaban J connectivity index is 2.07. The summed E-state index contributed by atoms with van der Waals surface area (Å²) in [6.07, 6.45) is 4.53. The standard InChI is InChI=1S/C15H19N3O/c1-10(16)15-13(4-3-5-14(15)19-2)18-9-8-12(17-18)11-6-7-11/h3-5,8-11H,6-7,16H2,1-2H3/t10-/m1/s1. The quantitative estimate of drug-likeness (QED) is 0.916. The first kappa shape index (κ1) is 12.2. The number of methoxy groups -OCH3 is 1. The predicted molar refractivity (Wildman–Crippen MR) is 74.7 cm³/mol. The Bertz CT molecular complexity index is 585. The second kappa shape index (κ2) is 4.70. The maximum Gasteiger partial charge on any atom is 0.125 e. The normalized spacial score (nSPS) is 16.4. The van der Waals surface area contributed by atoms with Crippen LogP contribution in [-0.4, -0.2) is 16.9 Å². The highest BCUT2D eigenvalue weighted by Gasteiger charge is 2.26. The van der Waals surface area contributed by atoms with Gasteiger partial charge < -0.3 is 10.5 Å². The monoisotopic (exact) mass is 257 g/mol. The molecule has 1 aliphatic rings. The maximum atomic E-state index is 6.09. The number of ether oxygens (including phenoxy) is 1. The summed E-state index contributed by atoms with van der Waals surface area (Å²) in [6, 6.07) is 7.94. The lowest BCUT2D eigenvalue weighted by atomic mass is 10.1. The van der Waals surface area contributed by atoms with Gasteiger partial charge in [-0.25, -0.2) is 4.68 Å². The highest BCUT2D eigenvalue weighted by Crippen LogP contribution is 2.39. The molecule has 0 bridgehead atoms. The average Bonchev–Trinajstić information content (AvgIpc) is 3.15. The molecule has 0 saturated heterocycles. The molecule has 1 atom stereocenters. The van der Waals surface area contributed by atoms with Crippen molar-refractivity contribution in [2.24, 2.45) is 5.73 Å². The number of hydrogen-bond donors (Lipinski definition) is 1. The third-order valence-electron chi connectivity index (χ3n) is 3.57. The van der Waals surface area contributed by atoms with Crippen LogP contribution in [0.1, 0.15) is 43.0 Å². The van der Waals surface area contributed by atoms with Gasteiger partial charge in [0.05, 0.1) is 18.5 Å². The van der Waals surface area contributed by atoms with Crippen LogP contribution in [0.2, 0.25) is 0 Å². The number of rotatable bonds is 4. The Morgan fingerprint density at radius 2 is 2.16 bits per heavy atom. The van der Waals surface area contributed by atoms with Crippen LogP contribution in [0, 0.1) is 0 Å². The molecule has 0 unspecified atom stereocenters. The number of benzene rings is 1. The molecule has 1 fully saturated rings. The van der Waals surface area contributed by atoms with Crippen LogP contribution in [-0.2, 0) is 0 Å². The molecular formula is C15H19N3O. The molecule has 1 saturated carbocycles. The summed E-state index contributed by atoms with van der Waals surface area (Å²) in [6.45, 7) is 1.96. The fraction of sp³-hybridized carbons (Fsp3) is 0.400. The number of nitrogens with two attached hydrogens (primary N) is 1. The van der Waals surface area contributed by atoms with Crippen LogP contribution in [0.5, 0.6) is 5.75 Å². The minimum absolute atomic E-state index is 0.0975. The van der Waals surface area contributed by atoms with Crippen molar-refractivity contribution in [1.82, 2.24) is 9.78 Å². The molecule has 2 N–H and O–H groups in total. The third-order valence-corrected chi connectivity index (χ3v) is 3.57. The van der Waals surface area contributed by atoms with Gasteiger partial charge in [-0.3, -0.25) is 0 Å². The number of nitrogens with zero attached hydrogens (tertiary/aromatic N) is 2. The van der Waals surface area contributed by atoms with Crippen molar-refractivity contribution >= 4 is 0 Å². The molecule has 0 aliphatic heterocycles. The molecule has 1 aliphatic carbocycles. The highest BCUT2D eigenvalue weighted by molar-refractivity contribution is 5.51. The van der Waals surface area contributed by atoms with E-state index >= 15 is 0 Å². The van der Waals surface area contributed by atoms with Gasteiger partial charge >= 0.3 is 0 Å². The fourth-order valence-corrected chi connectivity index (χ4v) is 2.44. The van der Waals surface area contributed by atoms with Crippen molar-refractivity contribution < 1.29 is 4.74 Å². The van der Waals surface area contributed by atoms with Crippen molar-refractivity contribution in [3.63, 3.8) is 0 Å². The van der Waals surface area contributed by atoms with Gasteiger partial charge in [0.2, 0.25) is 0 Å². The molecule has 3 rings (SSSR count). The minimum Gasteiger partial charge on any atom is -0.496 e. The van der Waals surface area contributed by atoms with Crippen LogP contribution in [0.3, 0.4) is 0 Å². The number of hydrogen-bond acceptors (Lipinski definition) is 3. The summed E-state index contributed by atoms with van der Waals surface area (Å²) in [4.78, 5) is 0. The second-order valence-electron chi connectivity index (χ2n) is 5.14. The van der Waals surface area contributed by atoms with E-state index in [1.165, 1.54) is 18.5 Å². The van der Waals surface area contributed by atoms with E-state index in [2.05, 4.69) is 11.2 Å². The van der Waals surface area contributed by atoms with Crippen molar-refractivity contribution in [2.45, 2.75) is 31.7 Å². The lowest BCUT2D eigenvalue weighted by Crippen LogP contribution is -2.12. The number of aromatic nitrogens is 2. The van der Waals surface area contributed by atoms with Gasteiger partial charge in [-0.1, -0.05) is 6.07 Å². The van der Waals surface area contributed by atoms with E-state index in [1.54, 1.807) is 7.11 Å². The molecular weight excluding hydrogens is 238 g/mol. The van der Waals surface area contributed by atoms with Crippen LogP contribution < -0.4 is 10.5 Å². The molecule has 0 radical (unpaired) electrons. The van der Waals surface area contributed by atoms with E-state index in [0.29, 0.717) is 5.92 Å². The molecule has 1 aromatic heterocycles. The van der Waals surface area contributed by atoms with E-state index in [9.17, 15) is 0 Å². The van der Waals surface area contributed by atoms with Gasteiger partial charge in [-0.05, 0) is 38.0 Å². The molecule has 4 heteroatoms. The highest BCUT2D eigenvalue weighted by atomic mass is 16.5. The summed E-state index contributed by atoms with van der Waals surface area (Å²) in [7, 11) is 1.67. The summed E-state index contributed by atoms with van der Waals surface area (Å²) in [5.74, 6) is 1.47. The Kier molecular flexibility index (Phi) is 3.03. The van der Waals surface area contributed by atoms with Crippen LogP contribution in [0.25, 0.3) is 5.69 Å². The van der Waals surface area contributed by atoms with Gasteiger partial charge in [0.25, 0.3) is 0 Å². The average molecular weight is 257 g/mol. The predicted octanol–water partition coefficient (Wildman–Crippen LogP) is 2.78. The first-order valence-electron chi connectivity index (χ1n) is 6.69. The van der Waals surface area contributed by atoms with Gasteiger partial charge in [0.15, 0.2) is 0 Å². The zero-order valence-corrected chi connectivity index (χ0v) is 11.3. The SMILES string of the molecule is COc1cccc(-n2ccc(C3CC3)n2)c1[C@@H](C)N. The lowest BCUT2D eigenvalue weighted by Gasteiger charge is -2.16. The molecule has 4 nitrogen and oxygen atoms in total. The van der Waals surface area contributed by atoms with Crippen LogP contribution in [0.15, 0.2) is 30.5 Å². The molecule has 19 heavy (non-hydrogen) atoms. The molecule has 1 aromatic carbocycles.